The van der Waals surface area contributed by atoms with Crippen LogP contribution in [0.4, 0.5) is 10.9 Å². The summed E-state index contributed by atoms with van der Waals surface area (Å²) in [6, 6.07) is 0.214. The van der Waals surface area contributed by atoms with Crippen LogP contribution in [-0.2, 0) is 0 Å². The first-order valence-corrected chi connectivity index (χ1v) is 7.67. The van der Waals surface area contributed by atoms with Crippen LogP contribution in [0, 0.1) is 0 Å². The standard InChI is InChI=1S/C13H24N4OS/c1-5-8-15-13-16-11(14)10(19-13)12(18)17(7-3)9(4)6-2/h9H,5-8,14H2,1-4H3,(H,15,16). The van der Waals surface area contributed by atoms with Gasteiger partial charge in [0.1, 0.15) is 10.7 Å². The molecule has 1 unspecified atom stereocenters. The predicted molar refractivity (Wildman–Crippen MR) is 81.8 cm³/mol. The lowest BCUT2D eigenvalue weighted by Gasteiger charge is -2.26. The molecule has 19 heavy (non-hydrogen) atoms. The molecule has 3 N–H and O–H groups in total. The van der Waals surface area contributed by atoms with Crippen molar-refractivity contribution in [2.24, 2.45) is 0 Å². The Morgan fingerprint density at radius 2 is 2.16 bits per heavy atom. The quantitative estimate of drug-likeness (QED) is 0.807. The molecule has 1 heterocycles. The van der Waals surface area contributed by atoms with E-state index in [1.54, 1.807) is 0 Å². The van der Waals surface area contributed by atoms with Crippen LogP contribution in [0.5, 0.6) is 0 Å². The van der Waals surface area contributed by atoms with E-state index >= 15 is 0 Å². The fraction of sp³-hybridized carbons (Fsp3) is 0.692. The van der Waals surface area contributed by atoms with E-state index in [0.29, 0.717) is 17.2 Å². The highest BCUT2D eigenvalue weighted by Crippen LogP contribution is 2.27. The largest absolute Gasteiger partial charge is 0.382 e. The van der Waals surface area contributed by atoms with E-state index in [9.17, 15) is 4.79 Å². The molecule has 1 aromatic heterocycles. The molecular formula is C13H24N4OS. The summed E-state index contributed by atoms with van der Waals surface area (Å²) in [5.41, 5.74) is 5.86. The molecule has 0 aromatic carbocycles. The summed E-state index contributed by atoms with van der Waals surface area (Å²) in [5.74, 6) is 0.312. The van der Waals surface area contributed by atoms with Crippen LogP contribution >= 0.6 is 11.3 Å². The third kappa shape index (κ3) is 3.83. The second-order valence-electron chi connectivity index (χ2n) is 4.51. The summed E-state index contributed by atoms with van der Waals surface area (Å²) in [4.78, 5) is 19.1. The van der Waals surface area contributed by atoms with Crippen LogP contribution in [0.15, 0.2) is 0 Å². The number of thiazole rings is 1. The van der Waals surface area contributed by atoms with E-state index in [4.69, 9.17) is 5.73 Å². The van der Waals surface area contributed by atoms with Crippen LogP contribution in [-0.4, -0.2) is 34.9 Å². The van der Waals surface area contributed by atoms with Gasteiger partial charge in [-0.25, -0.2) is 4.98 Å². The van der Waals surface area contributed by atoms with Gasteiger partial charge in [0.15, 0.2) is 5.13 Å². The minimum atomic E-state index is -0.0172. The number of nitrogens with one attached hydrogen (secondary N) is 1. The maximum atomic E-state index is 12.5. The Morgan fingerprint density at radius 1 is 1.47 bits per heavy atom. The number of carbonyl (C=O) groups is 1. The number of nitrogens with two attached hydrogens (primary N) is 1. The summed E-state index contributed by atoms with van der Waals surface area (Å²) in [6.45, 7) is 9.71. The van der Waals surface area contributed by atoms with Gasteiger partial charge in [0.25, 0.3) is 5.91 Å². The van der Waals surface area contributed by atoms with Crippen molar-refractivity contribution in [2.45, 2.75) is 46.6 Å². The molecule has 1 aromatic rings. The molecule has 5 nitrogen and oxygen atoms in total. The van der Waals surface area contributed by atoms with Gasteiger partial charge >= 0.3 is 0 Å². The maximum Gasteiger partial charge on any atom is 0.268 e. The van der Waals surface area contributed by atoms with Gasteiger partial charge in [-0.15, -0.1) is 0 Å². The predicted octanol–water partition coefficient (Wildman–Crippen LogP) is 2.81. The van der Waals surface area contributed by atoms with Crippen LogP contribution < -0.4 is 11.1 Å². The molecule has 1 rings (SSSR count). The molecule has 0 aliphatic carbocycles. The normalized spacial score (nSPS) is 12.2. The van der Waals surface area contributed by atoms with Crippen molar-refractivity contribution in [3.63, 3.8) is 0 Å². The molecule has 0 saturated carbocycles. The molecule has 0 spiro atoms. The lowest BCUT2D eigenvalue weighted by molar-refractivity contribution is 0.0706. The number of nitrogens with zero attached hydrogens (tertiary/aromatic N) is 2. The van der Waals surface area contributed by atoms with Gasteiger partial charge in [-0.05, 0) is 26.7 Å². The first-order valence-electron chi connectivity index (χ1n) is 6.86. The highest BCUT2D eigenvalue weighted by molar-refractivity contribution is 7.18. The molecule has 0 radical (unpaired) electrons. The summed E-state index contributed by atoms with van der Waals surface area (Å²) in [6.07, 6.45) is 1.94. The topological polar surface area (TPSA) is 71.2 Å². The van der Waals surface area contributed by atoms with Crippen LogP contribution in [0.1, 0.15) is 50.2 Å². The molecule has 0 aliphatic heterocycles. The average Bonchev–Trinajstić information content (AvgIpc) is 2.77. The van der Waals surface area contributed by atoms with E-state index in [-0.39, 0.29) is 11.9 Å². The molecule has 1 amide bonds. The molecule has 108 valence electrons. The average molecular weight is 284 g/mol. The van der Waals surface area contributed by atoms with Crippen molar-refractivity contribution >= 4 is 28.2 Å². The van der Waals surface area contributed by atoms with Crippen LogP contribution in [0.3, 0.4) is 0 Å². The lowest BCUT2D eigenvalue weighted by Crippen LogP contribution is -2.38. The highest BCUT2D eigenvalue weighted by Gasteiger charge is 2.23. The smallest absolute Gasteiger partial charge is 0.268 e. The maximum absolute atomic E-state index is 12.5. The zero-order valence-corrected chi connectivity index (χ0v) is 13.0. The van der Waals surface area contributed by atoms with Gasteiger partial charge in [-0.1, -0.05) is 25.2 Å². The van der Waals surface area contributed by atoms with E-state index in [1.165, 1.54) is 11.3 Å². The van der Waals surface area contributed by atoms with Gasteiger partial charge in [0, 0.05) is 19.1 Å². The fourth-order valence-electron chi connectivity index (χ4n) is 1.80. The Balaban J connectivity index is 2.89. The van der Waals surface area contributed by atoms with Crippen molar-refractivity contribution in [2.75, 3.05) is 24.1 Å². The summed E-state index contributed by atoms with van der Waals surface area (Å²) in [5, 5.41) is 3.89. The zero-order chi connectivity index (χ0) is 14.4. The third-order valence-corrected chi connectivity index (χ3v) is 4.12. The summed E-state index contributed by atoms with van der Waals surface area (Å²) in [7, 11) is 0. The number of rotatable bonds is 7. The molecule has 1 atom stereocenters. The van der Waals surface area contributed by atoms with Gasteiger partial charge in [0.05, 0.1) is 0 Å². The van der Waals surface area contributed by atoms with Crippen LogP contribution in [0.2, 0.25) is 0 Å². The number of amides is 1. The Kier molecular flexibility index (Phi) is 6.08. The van der Waals surface area contributed by atoms with E-state index < -0.39 is 0 Å². The molecule has 0 bridgehead atoms. The Bertz CT molecular complexity index is 419. The molecule has 0 saturated heterocycles. The molecular weight excluding hydrogens is 260 g/mol. The Labute approximate surface area is 119 Å². The van der Waals surface area contributed by atoms with Crippen molar-refractivity contribution < 1.29 is 4.79 Å². The summed E-state index contributed by atoms with van der Waals surface area (Å²) >= 11 is 1.34. The monoisotopic (exact) mass is 284 g/mol. The number of anilines is 2. The minimum absolute atomic E-state index is 0.0172. The number of nitrogen functional groups attached to an aromatic ring is 1. The van der Waals surface area contributed by atoms with Crippen molar-refractivity contribution in [1.29, 1.82) is 0 Å². The van der Waals surface area contributed by atoms with Gasteiger partial charge in [-0.3, -0.25) is 4.79 Å². The molecule has 0 aliphatic rings. The van der Waals surface area contributed by atoms with E-state index in [0.717, 1.165) is 24.5 Å². The Morgan fingerprint density at radius 3 is 2.68 bits per heavy atom. The molecule has 6 heteroatoms. The van der Waals surface area contributed by atoms with E-state index in [2.05, 4.69) is 31.1 Å². The van der Waals surface area contributed by atoms with Gasteiger partial charge < -0.3 is 16.0 Å². The van der Waals surface area contributed by atoms with Crippen molar-refractivity contribution in [1.82, 2.24) is 9.88 Å². The minimum Gasteiger partial charge on any atom is -0.382 e. The Hall–Kier alpha value is -1.30. The number of hydrogen-bond acceptors (Lipinski definition) is 5. The number of aromatic nitrogens is 1. The highest BCUT2D eigenvalue weighted by atomic mass is 32.1. The first-order chi connectivity index (χ1) is 9.04. The third-order valence-electron chi connectivity index (χ3n) is 3.10. The van der Waals surface area contributed by atoms with Gasteiger partial charge in [-0.2, -0.15) is 0 Å². The van der Waals surface area contributed by atoms with E-state index in [1.807, 2.05) is 11.8 Å². The number of hydrogen-bond donors (Lipinski definition) is 2. The second-order valence-corrected chi connectivity index (χ2v) is 5.51. The van der Waals surface area contributed by atoms with Gasteiger partial charge in [0.2, 0.25) is 0 Å². The van der Waals surface area contributed by atoms with Crippen molar-refractivity contribution in [3.8, 4) is 0 Å². The number of carbonyl (C=O) groups excluding carboxylic acids is 1. The first kappa shape index (κ1) is 15.8. The molecule has 0 fully saturated rings. The fourth-order valence-corrected chi connectivity index (χ4v) is 2.67. The van der Waals surface area contributed by atoms with Crippen molar-refractivity contribution in [3.05, 3.63) is 4.88 Å². The zero-order valence-electron chi connectivity index (χ0n) is 12.2. The lowest BCUT2D eigenvalue weighted by atomic mass is 10.2. The van der Waals surface area contributed by atoms with Crippen LogP contribution in [0.25, 0.3) is 0 Å². The second kappa shape index (κ2) is 7.33. The SMILES string of the molecule is CCCNc1nc(N)c(C(=O)N(CC)C(C)CC)s1. The summed E-state index contributed by atoms with van der Waals surface area (Å²) < 4.78 is 0.